The Hall–Kier alpha value is -4.03. The number of para-hydroxylation sites is 1. The Morgan fingerprint density at radius 2 is 1.94 bits per heavy atom. The first-order chi connectivity index (χ1) is 23.9. The molecule has 2 fully saturated rings. The molecular weight excluding hydrogens is 675 g/mol. The lowest BCUT2D eigenvalue weighted by molar-refractivity contribution is -0.150. The van der Waals surface area contributed by atoms with Crippen LogP contribution in [0, 0.1) is 5.92 Å². The van der Waals surface area contributed by atoms with Crippen molar-refractivity contribution in [3.63, 3.8) is 0 Å². The Balaban J connectivity index is 1.15. The number of fused-ring (bicyclic) bond motifs is 3. The van der Waals surface area contributed by atoms with E-state index >= 15 is 4.11 Å². The molecule has 4 aromatic rings. The number of likely N-dealkylation sites (tertiary alicyclic amines) is 1. The van der Waals surface area contributed by atoms with E-state index in [-0.39, 0.29) is 49.8 Å². The molecule has 3 aliphatic heterocycles. The average Bonchev–Trinajstić information content (AvgIpc) is 3.83. The van der Waals surface area contributed by atoms with Gasteiger partial charge in [0.25, 0.3) is 5.91 Å². The maximum Gasteiger partial charge on any atom is 0.264 e. The smallest absolute Gasteiger partial charge is 0.264 e. The third kappa shape index (κ3) is 6.04. The van der Waals surface area contributed by atoms with Gasteiger partial charge in [-0.15, -0.1) is 0 Å². The minimum absolute atomic E-state index is 0.0723. The van der Waals surface area contributed by atoms with Crippen LogP contribution in [0.3, 0.4) is 0 Å². The quantitative estimate of drug-likeness (QED) is 0.132. The first-order valence-corrected chi connectivity index (χ1v) is 20.6. The van der Waals surface area contributed by atoms with Crippen molar-refractivity contribution in [1.29, 1.82) is 0 Å². The first-order valence-electron chi connectivity index (χ1n) is 17.2. The van der Waals surface area contributed by atoms with Gasteiger partial charge in [0, 0.05) is 51.4 Å². The second kappa shape index (κ2) is 13.3. The summed E-state index contributed by atoms with van der Waals surface area (Å²) in [6.45, 7) is 5.65. The van der Waals surface area contributed by atoms with E-state index < -0.39 is 31.6 Å². The van der Waals surface area contributed by atoms with Gasteiger partial charge in [-0.1, -0.05) is 48.9 Å². The van der Waals surface area contributed by atoms with Crippen LogP contribution in [0.15, 0.2) is 72.9 Å². The lowest BCUT2D eigenvalue weighted by atomic mass is 9.82. The number of aliphatic hydroxyl groups is 1. The van der Waals surface area contributed by atoms with Crippen LogP contribution in [-0.2, 0) is 37.7 Å². The molecule has 3 amide bonds. The second-order valence-electron chi connectivity index (χ2n) is 14.4. The van der Waals surface area contributed by atoms with Crippen molar-refractivity contribution in [2.75, 3.05) is 23.4 Å². The van der Waals surface area contributed by atoms with Crippen molar-refractivity contribution in [2.24, 2.45) is 5.92 Å². The zero-order valence-electron chi connectivity index (χ0n) is 28.4. The van der Waals surface area contributed by atoms with Gasteiger partial charge in [0.05, 0.1) is 43.8 Å². The predicted molar refractivity (Wildman–Crippen MR) is 194 cm³/mol. The highest BCUT2D eigenvalue weighted by Crippen LogP contribution is 2.60. The lowest BCUT2D eigenvalue weighted by Gasteiger charge is -2.31. The summed E-state index contributed by atoms with van der Waals surface area (Å²) in [6.07, 6.45) is 2.66. The van der Waals surface area contributed by atoms with E-state index in [0.29, 0.717) is 28.5 Å². The number of amides is 3. The molecule has 0 unspecified atom stereocenters. The molecule has 3 aromatic carbocycles. The number of rotatable bonds is 9. The maximum atomic E-state index is 16.3. The fraction of sp³-hybridized carbons (Fsp3) is 0.395. The number of anilines is 2. The summed E-state index contributed by atoms with van der Waals surface area (Å²) in [7, 11) is -3.49. The highest BCUT2D eigenvalue weighted by Gasteiger charge is 2.67. The summed E-state index contributed by atoms with van der Waals surface area (Å²) in [6, 6.07) is 20.2. The van der Waals surface area contributed by atoms with Gasteiger partial charge in [-0.05, 0) is 73.5 Å². The standard InChI is InChI=1S/C38H42ClFN4O5Si/c1-23-36(50(2,3)40)33(19-35(47)43-15-7-10-28(43)22-45)49-38(23)30-18-26(39)13-14-32(30)44(37(38)48)21-24-8-6-9-27(16-24)42-34(46)17-25-20-41-31-12-5-4-11-29(25)31/h4-6,8-9,11-14,16,18,20,23,28,33,36,41,45H,7,10,15,17,19,21-22H2,1-3H3,(H,42,46)/t23-,28-,33+,36-,38+/m0/s1. The third-order valence-electron chi connectivity index (χ3n) is 10.8. The average molecular weight is 717 g/mol. The van der Waals surface area contributed by atoms with Crippen LogP contribution >= 0.6 is 11.6 Å². The molecule has 7 rings (SSSR count). The van der Waals surface area contributed by atoms with E-state index in [4.69, 9.17) is 16.3 Å². The second-order valence-corrected chi connectivity index (χ2v) is 18.6. The molecule has 0 radical (unpaired) electrons. The normalized spacial score (nSPS) is 24.8. The first kappa shape index (κ1) is 34.4. The highest BCUT2D eigenvalue weighted by molar-refractivity contribution is 6.72. The number of aliphatic hydroxyl groups excluding tert-OH is 1. The number of carbonyl (C=O) groups excluding carboxylic acids is 3. The minimum atomic E-state index is -3.49. The van der Waals surface area contributed by atoms with Crippen molar-refractivity contribution >= 4 is 60.0 Å². The summed E-state index contributed by atoms with van der Waals surface area (Å²) in [5, 5.41) is 14.3. The van der Waals surface area contributed by atoms with Gasteiger partial charge in [-0.25, -0.2) is 0 Å². The van der Waals surface area contributed by atoms with Gasteiger partial charge in [0.2, 0.25) is 20.2 Å². The molecule has 262 valence electrons. The number of halogens is 2. The number of nitrogens with one attached hydrogen (secondary N) is 2. The Kier molecular flexibility index (Phi) is 9.13. The van der Waals surface area contributed by atoms with Gasteiger partial charge in [0.15, 0.2) is 5.60 Å². The summed E-state index contributed by atoms with van der Waals surface area (Å²) >= 11 is 6.53. The summed E-state index contributed by atoms with van der Waals surface area (Å²) < 4.78 is 23.0. The van der Waals surface area contributed by atoms with Crippen LogP contribution in [0.2, 0.25) is 23.7 Å². The maximum absolute atomic E-state index is 16.3. The van der Waals surface area contributed by atoms with Crippen LogP contribution in [-0.4, -0.2) is 66.4 Å². The number of carbonyl (C=O) groups is 3. The van der Waals surface area contributed by atoms with Gasteiger partial charge in [-0.2, -0.15) is 0 Å². The van der Waals surface area contributed by atoms with Crippen molar-refractivity contribution in [2.45, 2.75) is 75.5 Å². The van der Waals surface area contributed by atoms with Gasteiger partial charge in [-0.3, -0.25) is 14.4 Å². The number of ether oxygens (including phenoxy) is 1. The summed E-state index contributed by atoms with van der Waals surface area (Å²) in [4.78, 5) is 47.9. The van der Waals surface area contributed by atoms with Crippen LogP contribution in [0.1, 0.15) is 42.9 Å². The Morgan fingerprint density at radius 3 is 2.72 bits per heavy atom. The zero-order chi connectivity index (χ0) is 35.4. The molecule has 2 saturated heterocycles. The molecule has 1 spiro atoms. The molecule has 5 atom stereocenters. The number of H-pyrrole nitrogens is 1. The number of hydrogen-bond donors (Lipinski definition) is 3. The summed E-state index contributed by atoms with van der Waals surface area (Å²) in [5.41, 5.74) is 2.25. The number of benzene rings is 3. The van der Waals surface area contributed by atoms with Crippen molar-refractivity contribution in [3.05, 3.63) is 94.6 Å². The monoisotopic (exact) mass is 716 g/mol. The van der Waals surface area contributed by atoms with Crippen LogP contribution in [0.4, 0.5) is 15.5 Å². The fourth-order valence-electron chi connectivity index (χ4n) is 8.61. The Labute approximate surface area is 296 Å². The van der Waals surface area contributed by atoms with Crippen LogP contribution in [0.25, 0.3) is 10.9 Å². The van der Waals surface area contributed by atoms with E-state index in [2.05, 4.69) is 10.3 Å². The Bertz CT molecular complexity index is 1960. The topological polar surface area (TPSA) is 115 Å². The molecule has 1 aromatic heterocycles. The molecule has 3 aliphatic rings. The fourth-order valence-corrected chi connectivity index (χ4v) is 11.3. The molecule has 0 saturated carbocycles. The van der Waals surface area contributed by atoms with Crippen molar-refractivity contribution in [1.82, 2.24) is 9.88 Å². The Morgan fingerprint density at radius 1 is 1.14 bits per heavy atom. The zero-order valence-corrected chi connectivity index (χ0v) is 30.2. The van der Waals surface area contributed by atoms with E-state index in [1.807, 2.05) is 61.7 Å². The van der Waals surface area contributed by atoms with Crippen LogP contribution < -0.4 is 10.2 Å². The lowest BCUT2D eigenvalue weighted by Crippen LogP contribution is -2.45. The highest BCUT2D eigenvalue weighted by atomic mass is 35.5. The molecule has 12 heteroatoms. The third-order valence-corrected chi connectivity index (χ3v) is 13.5. The summed E-state index contributed by atoms with van der Waals surface area (Å²) in [5.74, 6) is -1.27. The van der Waals surface area contributed by atoms with Crippen molar-refractivity contribution in [3.8, 4) is 0 Å². The predicted octanol–water partition coefficient (Wildman–Crippen LogP) is 6.70. The number of nitrogens with zero attached hydrogens (tertiary/aromatic N) is 2. The molecular formula is C38H42ClFN4O5Si. The largest absolute Gasteiger partial charge is 0.394 e. The van der Waals surface area contributed by atoms with Gasteiger partial charge in [0.1, 0.15) is 0 Å². The molecule has 3 N–H and O–H groups in total. The van der Waals surface area contributed by atoms with Gasteiger partial charge >= 0.3 is 0 Å². The molecule has 4 heterocycles. The minimum Gasteiger partial charge on any atom is -0.394 e. The van der Waals surface area contributed by atoms with Crippen molar-refractivity contribution < 1.29 is 28.3 Å². The van der Waals surface area contributed by atoms with E-state index in [0.717, 1.165) is 34.9 Å². The molecule has 0 aliphatic carbocycles. The number of hydrogen-bond acceptors (Lipinski definition) is 5. The van der Waals surface area contributed by atoms with E-state index in [9.17, 15) is 19.5 Å². The van der Waals surface area contributed by atoms with Gasteiger partial charge < -0.3 is 34.1 Å². The van der Waals surface area contributed by atoms with E-state index in [1.165, 1.54) is 0 Å². The molecule has 0 bridgehead atoms. The number of aromatic nitrogens is 1. The molecule has 50 heavy (non-hydrogen) atoms. The number of aromatic amines is 1. The van der Waals surface area contributed by atoms with E-state index in [1.54, 1.807) is 41.1 Å². The molecule has 9 nitrogen and oxygen atoms in total. The van der Waals surface area contributed by atoms with Crippen LogP contribution in [0.5, 0.6) is 0 Å². The SMILES string of the molecule is C[C@H]1[C@H]([Si](C)(C)F)[C@@H](CC(=O)N2CCC[C@H]2CO)O[C@]12C(=O)N(Cc1cccc(NC(=O)Cc3c[nH]c4ccccc34)c1)c1ccc(Cl)cc12.